The van der Waals surface area contributed by atoms with Gasteiger partial charge in [0.1, 0.15) is 11.2 Å². The van der Waals surface area contributed by atoms with Crippen molar-refractivity contribution in [3.63, 3.8) is 0 Å². The predicted octanol–water partition coefficient (Wildman–Crippen LogP) is 5.09. The van der Waals surface area contributed by atoms with Gasteiger partial charge in [-0.25, -0.2) is 4.39 Å². The molecule has 1 aliphatic rings. The van der Waals surface area contributed by atoms with Crippen molar-refractivity contribution in [3.05, 3.63) is 95.3 Å². The number of hydrogen-bond acceptors (Lipinski definition) is 3. The molecule has 1 fully saturated rings. The smallest absolute Gasteiger partial charge is 0.238 e. The maximum atomic E-state index is 14.0. The molecule has 2 amide bonds. The third-order valence-electron chi connectivity index (χ3n) is 4.99. The summed E-state index contributed by atoms with van der Waals surface area (Å²) in [5, 5.41) is 2.67. The number of carbonyl (C=O) groups excluding carboxylic acids is 2. The van der Waals surface area contributed by atoms with E-state index in [-0.39, 0.29) is 23.0 Å². The van der Waals surface area contributed by atoms with Gasteiger partial charge in [0, 0.05) is 11.4 Å². The minimum atomic E-state index is -0.326. The van der Waals surface area contributed by atoms with Gasteiger partial charge in [-0.2, -0.15) is 0 Å². The van der Waals surface area contributed by atoms with Crippen LogP contribution in [0.4, 0.5) is 15.8 Å². The molecule has 4 rings (SSSR count). The summed E-state index contributed by atoms with van der Waals surface area (Å²) in [6, 6.07) is 21.9. The maximum Gasteiger partial charge on any atom is 0.238 e. The van der Waals surface area contributed by atoms with Crippen molar-refractivity contribution in [2.24, 2.45) is 0 Å². The molecular weight excluding hydrogens is 399 g/mol. The van der Waals surface area contributed by atoms with Crippen LogP contribution in [0, 0.1) is 12.7 Å². The lowest BCUT2D eigenvalue weighted by molar-refractivity contribution is -0.116. The van der Waals surface area contributed by atoms with E-state index >= 15 is 0 Å². The molecule has 1 N–H and O–H groups in total. The van der Waals surface area contributed by atoms with Gasteiger partial charge in [-0.1, -0.05) is 48.5 Å². The van der Waals surface area contributed by atoms with E-state index < -0.39 is 0 Å². The lowest BCUT2D eigenvalue weighted by Gasteiger charge is -2.25. The van der Waals surface area contributed by atoms with Gasteiger partial charge in [-0.15, -0.1) is 11.8 Å². The quantitative estimate of drug-likeness (QED) is 0.625. The molecule has 0 radical (unpaired) electrons. The van der Waals surface area contributed by atoms with Crippen LogP contribution in [-0.4, -0.2) is 17.6 Å². The fourth-order valence-corrected chi connectivity index (χ4v) is 4.58. The van der Waals surface area contributed by atoms with Gasteiger partial charge >= 0.3 is 0 Å². The van der Waals surface area contributed by atoms with E-state index in [2.05, 4.69) is 5.32 Å². The number of benzene rings is 3. The summed E-state index contributed by atoms with van der Waals surface area (Å²) in [5.74, 6) is -0.118. The van der Waals surface area contributed by atoms with Crippen LogP contribution in [0.15, 0.2) is 72.8 Å². The Morgan fingerprint density at radius 3 is 2.53 bits per heavy atom. The number of thioether (sulfide) groups is 1. The molecule has 1 saturated heterocycles. The van der Waals surface area contributed by atoms with Gasteiger partial charge in [0.25, 0.3) is 0 Å². The van der Waals surface area contributed by atoms with Gasteiger partial charge in [0.2, 0.25) is 11.8 Å². The van der Waals surface area contributed by atoms with E-state index in [1.54, 1.807) is 24.0 Å². The molecular formula is C24H21FN2O2S. The van der Waals surface area contributed by atoms with Gasteiger partial charge in [-0.05, 0) is 47.9 Å². The number of carbonyl (C=O) groups is 2. The van der Waals surface area contributed by atoms with Gasteiger partial charge in [0.15, 0.2) is 0 Å². The molecule has 4 nitrogen and oxygen atoms in total. The lowest BCUT2D eigenvalue weighted by atomic mass is 10.1. The molecule has 0 spiro atoms. The molecule has 0 aromatic heterocycles. The van der Waals surface area contributed by atoms with Crippen molar-refractivity contribution in [1.29, 1.82) is 0 Å². The number of amides is 2. The van der Waals surface area contributed by atoms with Crippen LogP contribution in [0.2, 0.25) is 0 Å². The number of hydrogen-bond donors (Lipinski definition) is 1. The summed E-state index contributed by atoms with van der Waals surface area (Å²) >= 11 is 1.50. The van der Waals surface area contributed by atoms with Crippen molar-refractivity contribution >= 4 is 35.0 Å². The first-order valence-electron chi connectivity index (χ1n) is 9.65. The lowest BCUT2D eigenvalue weighted by Crippen LogP contribution is -2.28. The van der Waals surface area contributed by atoms with E-state index in [1.807, 2.05) is 54.6 Å². The van der Waals surface area contributed by atoms with Crippen LogP contribution in [0.1, 0.15) is 22.1 Å². The summed E-state index contributed by atoms with van der Waals surface area (Å²) in [7, 11) is 0. The average molecular weight is 421 g/mol. The Morgan fingerprint density at radius 2 is 1.83 bits per heavy atom. The molecule has 1 heterocycles. The molecule has 1 atom stereocenters. The van der Waals surface area contributed by atoms with Crippen LogP contribution in [0.5, 0.6) is 0 Å². The summed E-state index contributed by atoms with van der Waals surface area (Å²) in [6.07, 6.45) is 0.308. The van der Waals surface area contributed by atoms with Crippen LogP contribution < -0.4 is 10.2 Å². The largest absolute Gasteiger partial charge is 0.326 e. The Labute approximate surface area is 179 Å². The van der Waals surface area contributed by atoms with Crippen LogP contribution in [0.25, 0.3) is 0 Å². The number of aryl methyl sites for hydroxylation is 1. The van der Waals surface area contributed by atoms with Crippen molar-refractivity contribution in [2.75, 3.05) is 16.0 Å². The molecule has 3 aromatic carbocycles. The second-order valence-corrected chi connectivity index (χ2v) is 8.26. The zero-order valence-electron chi connectivity index (χ0n) is 16.5. The summed E-state index contributed by atoms with van der Waals surface area (Å²) in [6.45, 7) is 1.70. The maximum absolute atomic E-state index is 14.0. The second kappa shape index (κ2) is 8.71. The highest BCUT2D eigenvalue weighted by Gasteiger charge is 2.34. The molecule has 0 aliphatic carbocycles. The van der Waals surface area contributed by atoms with E-state index in [0.717, 1.165) is 11.1 Å². The van der Waals surface area contributed by atoms with Gasteiger partial charge in [0.05, 0.1) is 12.2 Å². The minimum Gasteiger partial charge on any atom is -0.326 e. The average Bonchev–Trinajstić information content (AvgIpc) is 3.13. The standard InChI is InChI=1S/C24H21FN2O2S/c1-16-7-12-20(14-21(16)25)27-23(29)15-30-24(27)18-8-10-19(11-9-18)26-22(28)13-17-5-3-2-4-6-17/h2-12,14,24H,13,15H2,1H3,(H,26,28). The van der Waals surface area contributed by atoms with E-state index in [4.69, 9.17) is 0 Å². The third-order valence-corrected chi connectivity index (χ3v) is 6.20. The number of rotatable bonds is 5. The normalized spacial score (nSPS) is 16.0. The molecule has 3 aromatic rings. The number of nitrogens with one attached hydrogen (secondary N) is 1. The van der Waals surface area contributed by atoms with Crippen molar-refractivity contribution in [1.82, 2.24) is 0 Å². The summed E-state index contributed by atoms with van der Waals surface area (Å²) in [5.41, 5.74) is 3.67. The Kier molecular flexibility index (Phi) is 5.86. The Balaban J connectivity index is 1.48. The van der Waals surface area contributed by atoms with Crippen molar-refractivity contribution < 1.29 is 14.0 Å². The highest BCUT2D eigenvalue weighted by Crippen LogP contribution is 2.42. The van der Waals surface area contributed by atoms with E-state index in [0.29, 0.717) is 29.1 Å². The van der Waals surface area contributed by atoms with Crippen molar-refractivity contribution in [2.45, 2.75) is 18.7 Å². The molecule has 1 unspecified atom stereocenters. The van der Waals surface area contributed by atoms with Crippen LogP contribution >= 0.6 is 11.8 Å². The van der Waals surface area contributed by atoms with Crippen LogP contribution in [0.3, 0.4) is 0 Å². The Hall–Kier alpha value is -3.12. The predicted molar refractivity (Wildman–Crippen MR) is 119 cm³/mol. The van der Waals surface area contributed by atoms with Crippen LogP contribution in [-0.2, 0) is 16.0 Å². The number of halogens is 1. The van der Waals surface area contributed by atoms with Gasteiger partial charge < -0.3 is 5.32 Å². The SMILES string of the molecule is Cc1ccc(N2C(=O)CSC2c2ccc(NC(=O)Cc3ccccc3)cc2)cc1F. The number of anilines is 2. The summed E-state index contributed by atoms with van der Waals surface area (Å²) < 4.78 is 14.0. The molecule has 0 bridgehead atoms. The van der Waals surface area contributed by atoms with Crippen molar-refractivity contribution in [3.8, 4) is 0 Å². The van der Waals surface area contributed by atoms with Gasteiger partial charge in [-0.3, -0.25) is 14.5 Å². The van der Waals surface area contributed by atoms with E-state index in [1.165, 1.54) is 17.8 Å². The monoisotopic (exact) mass is 420 g/mol. The number of nitrogens with zero attached hydrogens (tertiary/aromatic N) is 1. The highest BCUT2D eigenvalue weighted by atomic mass is 32.2. The highest BCUT2D eigenvalue weighted by molar-refractivity contribution is 8.00. The first-order chi connectivity index (χ1) is 14.5. The second-order valence-electron chi connectivity index (χ2n) is 7.19. The summed E-state index contributed by atoms with van der Waals surface area (Å²) in [4.78, 5) is 26.4. The topological polar surface area (TPSA) is 49.4 Å². The van der Waals surface area contributed by atoms with E-state index in [9.17, 15) is 14.0 Å². The molecule has 152 valence electrons. The fourth-order valence-electron chi connectivity index (χ4n) is 3.40. The molecule has 0 saturated carbocycles. The Bertz CT molecular complexity index is 1070. The fraction of sp³-hybridized carbons (Fsp3) is 0.167. The first-order valence-corrected chi connectivity index (χ1v) is 10.7. The first kappa shape index (κ1) is 20.2. The Morgan fingerprint density at radius 1 is 1.10 bits per heavy atom. The zero-order valence-corrected chi connectivity index (χ0v) is 17.3. The third kappa shape index (κ3) is 4.39. The molecule has 1 aliphatic heterocycles. The zero-order chi connectivity index (χ0) is 21.1. The molecule has 30 heavy (non-hydrogen) atoms. The molecule has 6 heteroatoms. The minimum absolute atomic E-state index is 0.0477.